The summed E-state index contributed by atoms with van der Waals surface area (Å²) < 4.78 is 17.9. The van der Waals surface area contributed by atoms with Crippen LogP contribution in [0.4, 0.5) is 15.9 Å². The van der Waals surface area contributed by atoms with E-state index >= 15 is 0 Å². The van der Waals surface area contributed by atoms with Crippen LogP contribution < -0.4 is 10.1 Å². The van der Waals surface area contributed by atoms with Crippen LogP contribution in [0.2, 0.25) is 0 Å². The van der Waals surface area contributed by atoms with Crippen LogP contribution in [0.3, 0.4) is 0 Å². The van der Waals surface area contributed by atoms with Crippen LogP contribution in [0.5, 0.6) is 5.88 Å². The first-order valence-electron chi connectivity index (χ1n) is 5.26. The van der Waals surface area contributed by atoms with Crippen molar-refractivity contribution < 1.29 is 19.0 Å². The number of nitrogens with zero attached hydrogens (tertiary/aromatic N) is 2. The number of carboxylic acids is 1. The maximum absolute atomic E-state index is 13.0. The van der Waals surface area contributed by atoms with Crippen LogP contribution in [0.15, 0.2) is 30.6 Å². The summed E-state index contributed by atoms with van der Waals surface area (Å²) >= 11 is 0. The average molecular weight is 263 g/mol. The molecule has 98 valence electrons. The molecule has 0 atom stereocenters. The van der Waals surface area contributed by atoms with E-state index in [9.17, 15) is 9.18 Å². The van der Waals surface area contributed by atoms with E-state index in [2.05, 4.69) is 15.3 Å². The topological polar surface area (TPSA) is 84.3 Å². The Balaban J connectivity index is 2.29. The highest BCUT2D eigenvalue weighted by Crippen LogP contribution is 2.20. The summed E-state index contributed by atoms with van der Waals surface area (Å²) in [4.78, 5) is 18.6. The van der Waals surface area contributed by atoms with Gasteiger partial charge < -0.3 is 15.2 Å². The number of rotatable bonds is 4. The molecule has 0 saturated carbocycles. The molecule has 7 heteroatoms. The van der Waals surface area contributed by atoms with Gasteiger partial charge in [-0.05, 0) is 12.1 Å². The number of nitrogens with one attached hydrogen (secondary N) is 1. The van der Waals surface area contributed by atoms with Crippen LogP contribution in [-0.4, -0.2) is 28.2 Å². The standard InChI is InChI=1S/C12H10FN3O3/c1-19-10-3-2-8(6-14-10)16-11-9(12(17)18)4-7(13)5-15-11/h2-6H,1H3,(H,15,16)(H,17,18). The van der Waals surface area contributed by atoms with Crippen molar-refractivity contribution in [2.45, 2.75) is 0 Å². The molecule has 2 rings (SSSR count). The third kappa shape index (κ3) is 2.95. The highest BCUT2D eigenvalue weighted by atomic mass is 19.1. The molecule has 0 bridgehead atoms. The summed E-state index contributed by atoms with van der Waals surface area (Å²) in [6.07, 6.45) is 2.39. The zero-order valence-electron chi connectivity index (χ0n) is 9.92. The van der Waals surface area contributed by atoms with Crippen molar-refractivity contribution in [1.29, 1.82) is 0 Å². The van der Waals surface area contributed by atoms with E-state index in [4.69, 9.17) is 9.84 Å². The predicted octanol–water partition coefficient (Wildman–Crippen LogP) is 2.07. The number of anilines is 2. The first-order chi connectivity index (χ1) is 9.10. The molecule has 0 spiro atoms. The van der Waals surface area contributed by atoms with E-state index in [0.717, 1.165) is 12.3 Å². The van der Waals surface area contributed by atoms with Gasteiger partial charge in [0.15, 0.2) is 0 Å². The molecule has 0 fully saturated rings. The molecule has 0 saturated heterocycles. The van der Waals surface area contributed by atoms with E-state index in [1.165, 1.54) is 13.3 Å². The van der Waals surface area contributed by atoms with Gasteiger partial charge in [-0.15, -0.1) is 0 Å². The first kappa shape index (κ1) is 12.7. The second-order valence-corrected chi connectivity index (χ2v) is 3.57. The van der Waals surface area contributed by atoms with Crippen molar-refractivity contribution in [3.63, 3.8) is 0 Å². The third-order valence-corrected chi connectivity index (χ3v) is 2.29. The quantitative estimate of drug-likeness (QED) is 0.878. The van der Waals surface area contributed by atoms with Crippen LogP contribution >= 0.6 is 0 Å². The summed E-state index contributed by atoms with van der Waals surface area (Å²) in [5, 5.41) is 11.7. The Bertz CT molecular complexity index is 602. The van der Waals surface area contributed by atoms with Gasteiger partial charge >= 0.3 is 5.97 Å². The van der Waals surface area contributed by atoms with Gasteiger partial charge in [-0.1, -0.05) is 0 Å². The number of pyridine rings is 2. The minimum Gasteiger partial charge on any atom is -0.481 e. The monoisotopic (exact) mass is 263 g/mol. The van der Waals surface area contributed by atoms with Crippen molar-refractivity contribution in [2.75, 3.05) is 12.4 Å². The number of aromatic nitrogens is 2. The summed E-state index contributed by atoms with van der Waals surface area (Å²) in [5.74, 6) is -1.51. The molecule has 6 nitrogen and oxygen atoms in total. The maximum Gasteiger partial charge on any atom is 0.339 e. The first-order valence-corrected chi connectivity index (χ1v) is 5.26. The lowest BCUT2D eigenvalue weighted by molar-refractivity contribution is 0.0697. The fraction of sp³-hybridized carbons (Fsp3) is 0.0833. The lowest BCUT2D eigenvalue weighted by atomic mass is 10.2. The minimum atomic E-state index is -1.27. The van der Waals surface area contributed by atoms with Crippen LogP contribution in [0.25, 0.3) is 0 Å². The fourth-order valence-corrected chi connectivity index (χ4v) is 1.41. The second kappa shape index (κ2) is 5.30. The molecule has 2 aromatic heterocycles. The Morgan fingerprint density at radius 3 is 2.74 bits per heavy atom. The smallest absolute Gasteiger partial charge is 0.339 e. The SMILES string of the molecule is COc1ccc(Nc2ncc(F)cc2C(=O)O)cn1. The van der Waals surface area contributed by atoms with Gasteiger partial charge in [0.2, 0.25) is 5.88 Å². The van der Waals surface area contributed by atoms with Crippen molar-refractivity contribution in [1.82, 2.24) is 9.97 Å². The van der Waals surface area contributed by atoms with Gasteiger partial charge in [0.1, 0.15) is 17.2 Å². The Morgan fingerprint density at radius 1 is 1.37 bits per heavy atom. The second-order valence-electron chi connectivity index (χ2n) is 3.57. The molecule has 0 unspecified atom stereocenters. The molecule has 2 N–H and O–H groups in total. The highest BCUT2D eigenvalue weighted by molar-refractivity contribution is 5.93. The average Bonchev–Trinajstić information content (AvgIpc) is 2.41. The lowest BCUT2D eigenvalue weighted by Gasteiger charge is -2.08. The summed E-state index contributed by atoms with van der Waals surface area (Å²) in [6.45, 7) is 0. The van der Waals surface area contributed by atoms with Crippen molar-refractivity contribution in [3.8, 4) is 5.88 Å². The van der Waals surface area contributed by atoms with Gasteiger partial charge in [-0.25, -0.2) is 19.2 Å². The largest absolute Gasteiger partial charge is 0.481 e. The molecule has 0 aliphatic rings. The van der Waals surface area contributed by atoms with Crippen LogP contribution in [0, 0.1) is 5.82 Å². The molecular weight excluding hydrogens is 253 g/mol. The molecule has 0 aromatic carbocycles. The van der Waals surface area contributed by atoms with E-state index in [0.29, 0.717) is 11.6 Å². The molecule has 0 aliphatic carbocycles. The summed E-state index contributed by atoms with van der Waals surface area (Å²) in [5.41, 5.74) is 0.262. The fourth-order valence-electron chi connectivity index (χ4n) is 1.41. The molecule has 0 aliphatic heterocycles. The number of aromatic carboxylic acids is 1. The zero-order chi connectivity index (χ0) is 13.8. The maximum atomic E-state index is 13.0. The summed E-state index contributed by atoms with van der Waals surface area (Å²) in [6, 6.07) is 4.14. The number of methoxy groups -OCH3 is 1. The van der Waals surface area contributed by atoms with Gasteiger partial charge in [0.05, 0.1) is 25.2 Å². The lowest BCUT2D eigenvalue weighted by Crippen LogP contribution is -2.05. The van der Waals surface area contributed by atoms with Crippen molar-refractivity contribution >= 4 is 17.5 Å². The number of hydrogen-bond acceptors (Lipinski definition) is 5. The molecule has 0 radical (unpaired) electrons. The Hall–Kier alpha value is -2.70. The number of carbonyl (C=O) groups is 1. The Morgan fingerprint density at radius 2 is 2.16 bits per heavy atom. The number of halogens is 1. The van der Waals surface area contributed by atoms with E-state index < -0.39 is 11.8 Å². The molecular formula is C12H10FN3O3. The minimum absolute atomic E-state index is 0.0425. The molecule has 2 aromatic rings. The molecule has 19 heavy (non-hydrogen) atoms. The van der Waals surface area contributed by atoms with Gasteiger partial charge in [0.25, 0.3) is 0 Å². The van der Waals surface area contributed by atoms with Crippen molar-refractivity contribution in [2.24, 2.45) is 0 Å². The van der Waals surface area contributed by atoms with Crippen LogP contribution in [-0.2, 0) is 0 Å². The van der Waals surface area contributed by atoms with Gasteiger partial charge in [-0.3, -0.25) is 0 Å². The van der Waals surface area contributed by atoms with E-state index in [1.807, 2.05) is 0 Å². The van der Waals surface area contributed by atoms with E-state index in [1.54, 1.807) is 12.1 Å². The van der Waals surface area contributed by atoms with Crippen LogP contribution in [0.1, 0.15) is 10.4 Å². The number of carboxylic acid groups (broad SMARTS) is 1. The summed E-state index contributed by atoms with van der Waals surface area (Å²) in [7, 11) is 1.49. The number of ether oxygens (including phenoxy) is 1. The molecule has 0 amide bonds. The predicted molar refractivity (Wildman–Crippen MR) is 65.2 cm³/mol. The van der Waals surface area contributed by atoms with E-state index in [-0.39, 0.29) is 11.4 Å². The molecule has 2 heterocycles. The van der Waals surface area contributed by atoms with Crippen molar-refractivity contribution in [3.05, 3.63) is 42.0 Å². The van der Waals surface area contributed by atoms with Gasteiger partial charge in [0, 0.05) is 6.07 Å². The van der Waals surface area contributed by atoms with Gasteiger partial charge in [-0.2, -0.15) is 0 Å². The zero-order valence-corrected chi connectivity index (χ0v) is 9.92. The normalized spacial score (nSPS) is 10.0. The Labute approximate surface area is 107 Å². The number of hydrogen-bond donors (Lipinski definition) is 2. The third-order valence-electron chi connectivity index (χ3n) is 2.29. The Kier molecular flexibility index (Phi) is 3.56. The highest BCUT2D eigenvalue weighted by Gasteiger charge is 2.13.